The molecule has 3 heteroatoms. The molecular weight excluding hydrogens is 312 g/mol. The minimum Gasteiger partial charge on any atom is -0.461 e. The second-order valence-corrected chi connectivity index (χ2v) is 9.06. The fourth-order valence-electron chi connectivity index (χ4n) is 5.23. The van der Waals surface area contributed by atoms with Gasteiger partial charge < -0.3 is 9.84 Å². The first-order valence-electron chi connectivity index (χ1n) is 9.74. The van der Waals surface area contributed by atoms with E-state index < -0.39 is 5.60 Å². The lowest BCUT2D eigenvalue weighted by Crippen LogP contribution is -2.51. The first kappa shape index (κ1) is 20.2. The zero-order valence-corrected chi connectivity index (χ0v) is 16.7. The lowest BCUT2D eigenvalue weighted by Gasteiger charge is -2.58. The number of rotatable bonds is 6. The van der Waals surface area contributed by atoms with Crippen LogP contribution >= 0.6 is 0 Å². The fourth-order valence-corrected chi connectivity index (χ4v) is 5.23. The number of allylic oxidation sites excluding steroid dienone is 1. The molecule has 2 rings (SSSR count). The lowest BCUT2D eigenvalue weighted by molar-refractivity contribution is -0.141. The van der Waals surface area contributed by atoms with Gasteiger partial charge in [0.2, 0.25) is 0 Å². The molecule has 0 saturated heterocycles. The van der Waals surface area contributed by atoms with Gasteiger partial charge in [-0.05, 0) is 73.7 Å². The molecule has 0 heterocycles. The lowest BCUT2D eigenvalue weighted by atomic mass is 9.46. The molecule has 5 atom stereocenters. The SMILES string of the molecule is C=CC(C)(O)CCC1(C)C(C)CCC2(C)C(COC(C)=O)=CCCC21. The predicted molar refractivity (Wildman–Crippen MR) is 102 cm³/mol. The van der Waals surface area contributed by atoms with E-state index in [1.165, 1.54) is 25.3 Å². The van der Waals surface area contributed by atoms with Gasteiger partial charge in [-0.3, -0.25) is 4.79 Å². The second-order valence-electron chi connectivity index (χ2n) is 9.06. The Balaban J connectivity index is 2.26. The van der Waals surface area contributed by atoms with Crippen LogP contribution in [-0.4, -0.2) is 23.3 Å². The van der Waals surface area contributed by atoms with Crippen molar-refractivity contribution in [3.05, 3.63) is 24.3 Å². The van der Waals surface area contributed by atoms with Gasteiger partial charge in [0, 0.05) is 6.92 Å². The summed E-state index contributed by atoms with van der Waals surface area (Å²) in [7, 11) is 0. The third-order valence-corrected chi connectivity index (χ3v) is 7.41. The van der Waals surface area contributed by atoms with E-state index >= 15 is 0 Å². The third-order valence-electron chi connectivity index (χ3n) is 7.41. The van der Waals surface area contributed by atoms with Crippen LogP contribution in [0.15, 0.2) is 24.3 Å². The molecule has 0 aliphatic heterocycles. The third kappa shape index (κ3) is 4.02. The summed E-state index contributed by atoms with van der Waals surface area (Å²) in [5, 5.41) is 10.4. The standard InChI is InChI=1S/C22H36O3/c1-7-20(4,24)13-14-21(5)16(2)11-12-22(6)18(15-25-17(3)23)9-8-10-19(21)22/h7,9,16,19,24H,1,8,10-15H2,2-6H3. The molecule has 0 spiro atoms. The molecule has 3 nitrogen and oxygen atoms in total. The molecule has 2 aliphatic carbocycles. The van der Waals surface area contributed by atoms with E-state index in [1.54, 1.807) is 6.08 Å². The molecule has 142 valence electrons. The van der Waals surface area contributed by atoms with Crippen molar-refractivity contribution in [3.8, 4) is 0 Å². The Morgan fingerprint density at radius 3 is 2.76 bits per heavy atom. The number of hydrogen-bond donors (Lipinski definition) is 1. The van der Waals surface area contributed by atoms with Crippen LogP contribution in [0, 0.1) is 22.7 Å². The molecule has 0 amide bonds. The first-order valence-corrected chi connectivity index (χ1v) is 9.74. The van der Waals surface area contributed by atoms with Gasteiger partial charge in [-0.25, -0.2) is 0 Å². The minimum atomic E-state index is -0.804. The van der Waals surface area contributed by atoms with Crippen LogP contribution in [0.25, 0.3) is 0 Å². The largest absolute Gasteiger partial charge is 0.461 e. The number of hydrogen-bond acceptors (Lipinski definition) is 3. The summed E-state index contributed by atoms with van der Waals surface area (Å²) in [6.07, 6.45) is 10.3. The van der Waals surface area contributed by atoms with E-state index in [0.717, 1.165) is 25.7 Å². The van der Waals surface area contributed by atoms with Gasteiger partial charge in [0.15, 0.2) is 0 Å². The van der Waals surface area contributed by atoms with Crippen molar-refractivity contribution in [3.63, 3.8) is 0 Å². The highest BCUT2D eigenvalue weighted by molar-refractivity contribution is 5.66. The molecule has 0 radical (unpaired) electrons. The smallest absolute Gasteiger partial charge is 0.302 e. The number of ether oxygens (including phenoxy) is 1. The molecule has 0 aromatic carbocycles. The Labute approximate surface area is 153 Å². The quantitative estimate of drug-likeness (QED) is 0.540. The number of aliphatic hydroxyl groups is 1. The maximum Gasteiger partial charge on any atom is 0.302 e. The minimum absolute atomic E-state index is 0.0923. The molecule has 1 saturated carbocycles. The number of esters is 1. The van der Waals surface area contributed by atoms with E-state index in [1.807, 2.05) is 6.92 Å². The van der Waals surface area contributed by atoms with Crippen molar-refractivity contribution >= 4 is 5.97 Å². The zero-order chi connectivity index (χ0) is 18.9. The highest BCUT2D eigenvalue weighted by atomic mass is 16.5. The Hall–Kier alpha value is -1.09. The number of carbonyl (C=O) groups is 1. The van der Waals surface area contributed by atoms with Crippen LogP contribution in [0.2, 0.25) is 0 Å². The van der Waals surface area contributed by atoms with Gasteiger partial charge in [-0.2, -0.15) is 0 Å². The van der Waals surface area contributed by atoms with Gasteiger partial charge in [0.25, 0.3) is 0 Å². The van der Waals surface area contributed by atoms with Gasteiger partial charge >= 0.3 is 5.97 Å². The molecule has 0 aromatic heterocycles. The van der Waals surface area contributed by atoms with Gasteiger partial charge in [-0.1, -0.05) is 32.9 Å². The Kier molecular flexibility index (Phi) is 5.88. The maximum absolute atomic E-state index is 11.3. The van der Waals surface area contributed by atoms with Crippen molar-refractivity contribution in [2.24, 2.45) is 22.7 Å². The first-order chi connectivity index (χ1) is 11.5. The van der Waals surface area contributed by atoms with Crippen LogP contribution in [0.5, 0.6) is 0 Å². The second kappa shape index (κ2) is 7.26. The van der Waals surface area contributed by atoms with Crippen LogP contribution < -0.4 is 0 Å². The Morgan fingerprint density at radius 2 is 2.16 bits per heavy atom. The summed E-state index contributed by atoms with van der Waals surface area (Å²) in [5.41, 5.74) is 0.763. The maximum atomic E-state index is 11.3. The van der Waals surface area contributed by atoms with Crippen LogP contribution in [0.3, 0.4) is 0 Å². The van der Waals surface area contributed by atoms with Crippen molar-refractivity contribution < 1.29 is 14.6 Å². The number of fused-ring (bicyclic) bond motifs is 1. The molecule has 25 heavy (non-hydrogen) atoms. The van der Waals surface area contributed by atoms with E-state index in [-0.39, 0.29) is 16.8 Å². The van der Waals surface area contributed by atoms with Crippen molar-refractivity contribution in [2.45, 2.75) is 78.7 Å². The van der Waals surface area contributed by atoms with Gasteiger partial charge in [0.05, 0.1) is 5.60 Å². The average molecular weight is 349 g/mol. The molecule has 1 fully saturated rings. The summed E-state index contributed by atoms with van der Waals surface area (Å²) < 4.78 is 5.36. The average Bonchev–Trinajstić information content (AvgIpc) is 2.55. The molecule has 2 aliphatic rings. The van der Waals surface area contributed by atoms with Crippen molar-refractivity contribution in [1.82, 2.24) is 0 Å². The summed E-state index contributed by atoms with van der Waals surface area (Å²) >= 11 is 0. The van der Waals surface area contributed by atoms with Crippen LogP contribution in [-0.2, 0) is 9.53 Å². The fraction of sp³-hybridized carbons (Fsp3) is 0.773. The topological polar surface area (TPSA) is 46.5 Å². The highest BCUT2D eigenvalue weighted by Crippen LogP contribution is 2.62. The Morgan fingerprint density at radius 1 is 1.48 bits per heavy atom. The van der Waals surface area contributed by atoms with Crippen molar-refractivity contribution in [1.29, 1.82) is 0 Å². The van der Waals surface area contributed by atoms with E-state index in [4.69, 9.17) is 4.74 Å². The molecule has 0 bridgehead atoms. The molecular formula is C22H36O3. The predicted octanol–water partition coefficient (Wildman–Crippen LogP) is 5.05. The summed E-state index contributed by atoms with van der Waals surface area (Å²) in [4.78, 5) is 11.3. The highest BCUT2D eigenvalue weighted by Gasteiger charge is 2.54. The van der Waals surface area contributed by atoms with Crippen LogP contribution in [0.4, 0.5) is 0 Å². The van der Waals surface area contributed by atoms with E-state index in [9.17, 15) is 9.90 Å². The number of carbonyl (C=O) groups excluding carboxylic acids is 1. The zero-order valence-electron chi connectivity index (χ0n) is 16.7. The van der Waals surface area contributed by atoms with Gasteiger partial charge in [0.1, 0.15) is 6.61 Å². The summed E-state index contributed by atoms with van der Waals surface area (Å²) in [6, 6.07) is 0. The monoisotopic (exact) mass is 348 g/mol. The van der Waals surface area contributed by atoms with Crippen molar-refractivity contribution in [2.75, 3.05) is 6.61 Å². The van der Waals surface area contributed by atoms with Crippen LogP contribution in [0.1, 0.15) is 73.1 Å². The van der Waals surface area contributed by atoms with E-state index in [2.05, 4.69) is 33.4 Å². The normalized spacial score (nSPS) is 37.4. The summed E-state index contributed by atoms with van der Waals surface area (Å²) in [6.45, 7) is 14.7. The molecule has 0 aromatic rings. The molecule has 1 N–H and O–H groups in total. The molecule has 5 unspecified atom stereocenters. The Bertz CT molecular complexity index is 547. The van der Waals surface area contributed by atoms with Gasteiger partial charge in [-0.15, -0.1) is 6.58 Å². The van der Waals surface area contributed by atoms with E-state index in [0.29, 0.717) is 18.4 Å². The summed E-state index contributed by atoms with van der Waals surface area (Å²) in [5.74, 6) is 0.972.